The lowest BCUT2D eigenvalue weighted by atomic mass is 10.1. The van der Waals surface area contributed by atoms with E-state index in [1.165, 1.54) is 70.6 Å². The van der Waals surface area contributed by atoms with Crippen LogP contribution in [-0.4, -0.2) is 37.2 Å². The van der Waals surface area contributed by atoms with Crippen LogP contribution in [0, 0.1) is 0 Å². The van der Waals surface area contributed by atoms with Crippen molar-refractivity contribution in [3.8, 4) is 0 Å². The highest BCUT2D eigenvalue weighted by Crippen LogP contribution is 2.14. The van der Waals surface area contributed by atoms with Crippen LogP contribution < -0.4 is 0 Å². The van der Waals surface area contributed by atoms with Crippen molar-refractivity contribution in [1.29, 1.82) is 0 Å². The number of rotatable bonds is 55. The van der Waals surface area contributed by atoms with Crippen molar-refractivity contribution in [2.24, 2.45) is 0 Å². The minimum atomic E-state index is -0.824. The molecule has 6 heteroatoms. The van der Waals surface area contributed by atoms with Crippen LogP contribution in [0.1, 0.15) is 258 Å². The molecule has 1 atom stereocenters. The molecule has 0 aromatic heterocycles. The molecule has 0 saturated heterocycles. The monoisotopic (exact) mass is 1070 g/mol. The maximum absolute atomic E-state index is 12.9. The maximum atomic E-state index is 12.9. The molecular formula is C72H114O6. The van der Waals surface area contributed by atoms with Gasteiger partial charge in [0.25, 0.3) is 0 Å². The molecule has 0 saturated carbocycles. The molecule has 1 unspecified atom stereocenters. The van der Waals surface area contributed by atoms with Gasteiger partial charge in [0, 0.05) is 19.3 Å². The number of unbranched alkanes of at least 4 members (excludes halogenated alkanes) is 18. The summed E-state index contributed by atoms with van der Waals surface area (Å²) in [6, 6.07) is 0. The highest BCUT2D eigenvalue weighted by atomic mass is 16.6. The smallest absolute Gasteiger partial charge is 0.306 e. The molecule has 438 valence electrons. The molecule has 6 nitrogen and oxygen atoms in total. The van der Waals surface area contributed by atoms with Crippen molar-refractivity contribution in [2.75, 3.05) is 13.2 Å². The Labute approximate surface area is 480 Å². The lowest BCUT2D eigenvalue weighted by Gasteiger charge is -2.18. The zero-order valence-electron chi connectivity index (χ0n) is 50.1. The van der Waals surface area contributed by atoms with Gasteiger partial charge in [-0.3, -0.25) is 14.4 Å². The largest absolute Gasteiger partial charge is 0.462 e. The van der Waals surface area contributed by atoms with Gasteiger partial charge in [0.1, 0.15) is 13.2 Å². The highest BCUT2D eigenvalue weighted by molar-refractivity contribution is 5.71. The Morgan fingerprint density at radius 1 is 0.269 bits per heavy atom. The average Bonchev–Trinajstić information content (AvgIpc) is 3.44. The van der Waals surface area contributed by atoms with Gasteiger partial charge in [-0.15, -0.1) is 0 Å². The second-order valence-electron chi connectivity index (χ2n) is 20.2. The van der Waals surface area contributed by atoms with Crippen LogP contribution in [0.4, 0.5) is 0 Å². The first-order valence-corrected chi connectivity index (χ1v) is 31.5. The van der Waals surface area contributed by atoms with Crippen molar-refractivity contribution < 1.29 is 28.6 Å². The number of esters is 3. The van der Waals surface area contributed by atoms with Crippen LogP contribution >= 0.6 is 0 Å². The van der Waals surface area contributed by atoms with Gasteiger partial charge < -0.3 is 14.2 Å². The van der Waals surface area contributed by atoms with Crippen LogP contribution in [-0.2, 0) is 28.6 Å². The summed E-state index contributed by atoms with van der Waals surface area (Å²) in [5, 5.41) is 0. The second kappa shape index (κ2) is 64.6. The van der Waals surface area contributed by atoms with Gasteiger partial charge in [0.05, 0.1) is 0 Å². The average molecular weight is 1080 g/mol. The van der Waals surface area contributed by atoms with Gasteiger partial charge in [0.15, 0.2) is 6.10 Å². The molecule has 78 heavy (non-hydrogen) atoms. The first-order valence-electron chi connectivity index (χ1n) is 31.5. The Balaban J connectivity index is 4.43. The maximum Gasteiger partial charge on any atom is 0.306 e. The molecule has 0 heterocycles. The fourth-order valence-electron chi connectivity index (χ4n) is 8.10. The SMILES string of the molecule is CC/C=C\C/C=C\C/C=C\C/C=C\C/C=C\C/C=C\C/C=C\CCCCCCCCCC(=O)OCC(COC(=O)CCCCCCC/C=C\CCCCCCC)OC(=O)CCC/C=C\C/C=C\C/C=C\C/C=C\C/C=C\CC. The standard InChI is InChI=1S/C72H114O6/c1-4-7-10-13-16-19-22-25-28-30-31-32-33-34-35-36-37-38-39-40-41-43-44-47-50-53-56-59-62-65-71(74)77-68-69(67-76-70(73)64-61-58-55-52-49-46-27-24-21-18-15-12-9-6-3)78-72(75)66-63-60-57-54-51-48-45-42-29-26-23-20-17-14-11-8-5-2/h7-8,10-11,16-17,19-20,24-29,31-32,34-35,37-38,40-41,45,48,54,57,69H,4-6,9,12-15,18,21-23,30,33,36,39,42-44,46-47,49-53,55-56,58-68H2,1-3H3/b10-7-,11-8-,19-16-,20-17-,27-24-,28-25-,29-26-,32-31-,35-34-,38-37-,41-40-,48-45-,57-54-. The van der Waals surface area contributed by atoms with Gasteiger partial charge in [-0.2, -0.15) is 0 Å². The van der Waals surface area contributed by atoms with E-state index in [9.17, 15) is 14.4 Å². The molecule has 0 spiro atoms. The van der Waals surface area contributed by atoms with Crippen LogP contribution in [0.25, 0.3) is 0 Å². The summed E-state index contributed by atoms with van der Waals surface area (Å²) in [5.41, 5.74) is 0. The molecule has 0 N–H and O–H groups in total. The van der Waals surface area contributed by atoms with Crippen LogP contribution in [0.15, 0.2) is 158 Å². The number of carbonyl (C=O) groups excluding carboxylic acids is 3. The third-order valence-corrected chi connectivity index (χ3v) is 12.7. The van der Waals surface area contributed by atoms with E-state index in [1.807, 2.05) is 0 Å². The van der Waals surface area contributed by atoms with Gasteiger partial charge in [0.2, 0.25) is 0 Å². The molecule has 0 fully saturated rings. The first-order chi connectivity index (χ1) is 38.5. The van der Waals surface area contributed by atoms with Crippen molar-refractivity contribution >= 4 is 17.9 Å². The second-order valence-corrected chi connectivity index (χ2v) is 20.2. The summed E-state index contributed by atoms with van der Waals surface area (Å²) in [6.45, 7) is 6.33. The minimum absolute atomic E-state index is 0.114. The fourth-order valence-corrected chi connectivity index (χ4v) is 8.10. The summed E-state index contributed by atoms with van der Waals surface area (Å²) in [4.78, 5) is 38.3. The molecule has 0 aromatic carbocycles. The van der Waals surface area contributed by atoms with E-state index < -0.39 is 6.10 Å². The van der Waals surface area contributed by atoms with Gasteiger partial charge >= 0.3 is 17.9 Å². The Morgan fingerprint density at radius 3 is 0.833 bits per heavy atom. The normalized spacial score (nSPS) is 13.2. The number of hydrogen-bond acceptors (Lipinski definition) is 6. The number of allylic oxidation sites excluding steroid dienone is 26. The predicted molar refractivity (Wildman–Crippen MR) is 338 cm³/mol. The summed E-state index contributed by atoms with van der Waals surface area (Å²) < 4.78 is 16.8. The number of carbonyl (C=O) groups is 3. The highest BCUT2D eigenvalue weighted by Gasteiger charge is 2.19. The van der Waals surface area contributed by atoms with Gasteiger partial charge in [-0.05, 0) is 141 Å². The predicted octanol–water partition coefficient (Wildman–Crippen LogP) is 21.7. The van der Waals surface area contributed by atoms with E-state index in [2.05, 4.69) is 179 Å². The Bertz CT molecular complexity index is 1760. The van der Waals surface area contributed by atoms with Gasteiger partial charge in [-0.1, -0.05) is 256 Å². The molecule has 0 aliphatic heterocycles. The quantitative estimate of drug-likeness (QED) is 0.0261. The van der Waals surface area contributed by atoms with Crippen LogP contribution in [0.2, 0.25) is 0 Å². The third kappa shape index (κ3) is 61.9. The van der Waals surface area contributed by atoms with Gasteiger partial charge in [-0.25, -0.2) is 0 Å². The molecule has 0 amide bonds. The molecule has 0 bridgehead atoms. The zero-order valence-corrected chi connectivity index (χ0v) is 50.1. The van der Waals surface area contributed by atoms with Crippen molar-refractivity contribution in [1.82, 2.24) is 0 Å². The molecular weight excluding hydrogens is 961 g/mol. The molecule has 0 aliphatic rings. The van der Waals surface area contributed by atoms with E-state index in [1.54, 1.807) is 0 Å². The van der Waals surface area contributed by atoms with Crippen molar-refractivity contribution in [3.63, 3.8) is 0 Å². The molecule has 0 aliphatic carbocycles. The minimum Gasteiger partial charge on any atom is -0.462 e. The first kappa shape index (κ1) is 73.0. The summed E-state index contributed by atoms with van der Waals surface area (Å²) in [5.74, 6) is -0.997. The Morgan fingerprint density at radius 2 is 0.513 bits per heavy atom. The molecule has 0 radical (unpaired) electrons. The van der Waals surface area contributed by atoms with E-state index in [0.717, 1.165) is 141 Å². The third-order valence-electron chi connectivity index (χ3n) is 12.7. The number of ether oxygens (including phenoxy) is 3. The summed E-state index contributed by atoms with van der Waals surface area (Å²) >= 11 is 0. The summed E-state index contributed by atoms with van der Waals surface area (Å²) in [7, 11) is 0. The van der Waals surface area contributed by atoms with E-state index in [-0.39, 0.29) is 37.5 Å². The molecule has 0 aromatic rings. The lowest BCUT2D eigenvalue weighted by molar-refractivity contribution is -0.167. The Hall–Kier alpha value is -4.97. The number of hydrogen-bond donors (Lipinski definition) is 0. The molecule has 0 rings (SSSR count). The van der Waals surface area contributed by atoms with Crippen molar-refractivity contribution in [3.05, 3.63) is 158 Å². The summed E-state index contributed by atoms with van der Waals surface area (Å²) in [6.07, 6.45) is 93.9. The van der Waals surface area contributed by atoms with Crippen molar-refractivity contribution in [2.45, 2.75) is 264 Å². The fraction of sp³-hybridized carbons (Fsp3) is 0.597. The Kier molecular flexibility index (Phi) is 60.4. The lowest BCUT2D eigenvalue weighted by Crippen LogP contribution is -2.30. The topological polar surface area (TPSA) is 78.9 Å². The zero-order chi connectivity index (χ0) is 56.4. The van der Waals surface area contributed by atoms with E-state index in [4.69, 9.17) is 14.2 Å². The van der Waals surface area contributed by atoms with E-state index in [0.29, 0.717) is 19.3 Å². The van der Waals surface area contributed by atoms with Crippen LogP contribution in [0.5, 0.6) is 0 Å². The van der Waals surface area contributed by atoms with E-state index >= 15 is 0 Å². The van der Waals surface area contributed by atoms with Crippen LogP contribution in [0.3, 0.4) is 0 Å².